The van der Waals surface area contributed by atoms with Gasteiger partial charge in [0.1, 0.15) is 0 Å². The molecule has 1 unspecified atom stereocenters. The maximum atomic E-state index is 12.2. The monoisotopic (exact) mass is 383 g/mol. The van der Waals surface area contributed by atoms with Crippen molar-refractivity contribution in [3.63, 3.8) is 0 Å². The van der Waals surface area contributed by atoms with E-state index >= 15 is 0 Å². The summed E-state index contributed by atoms with van der Waals surface area (Å²) in [6.45, 7) is -1.46. The van der Waals surface area contributed by atoms with E-state index in [-0.39, 0.29) is 30.5 Å². The normalized spacial score (nSPS) is 16.9. The smallest absolute Gasteiger partial charge is 0.422 e. The van der Waals surface area contributed by atoms with Crippen LogP contribution in [-0.4, -0.2) is 54.4 Å². The van der Waals surface area contributed by atoms with Crippen molar-refractivity contribution in [1.82, 2.24) is 4.90 Å². The number of alkyl halides is 3. The molecule has 1 aromatic carbocycles. The molecule has 2 rings (SSSR count). The van der Waals surface area contributed by atoms with Crippen molar-refractivity contribution >= 4 is 24.3 Å². The summed E-state index contributed by atoms with van der Waals surface area (Å²) < 4.78 is 46.6. The molecule has 1 amide bonds. The first kappa shape index (κ1) is 20.9. The second-order valence-corrected chi connectivity index (χ2v) is 5.30. The summed E-state index contributed by atoms with van der Waals surface area (Å²) in [4.78, 5) is 24.2. The van der Waals surface area contributed by atoms with Crippen LogP contribution in [0.4, 0.5) is 13.2 Å². The Hall–Kier alpha value is -2.16. The number of para-hydroxylation sites is 2. The maximum Gasteiger partial charge on any atom is 0.422 e. The number of hydrogen-bond acceptors (Lipinski definition) is 4. The number of aliphatic carboxylic acids is 1. The lowest BCUT2D eigenvalue weighted by molar-refractivity contribution is -0.153. The van der Waals surface area contributed by atoms with Gasteiger partial charge in [-0.05, 0) is 18.6 Å². The van der Waals surface area contributed by atoms with Gasteiger partial charge in [-0.3, -0.25) is 9.59 Å². The molecule has 6 nitrogen and oxygen atoms in total. The predicted octanol–water partition coefficient (Wildman–Crippen LogP) is 2.36. The van der Waals surface area contributed by atoms with Crippen LogP contribution in [-0.2, 0) is 9.59 Å². The van der Waals surface area contributed by atoms with Gasteiger partial charge in [0.25, 0.3) is 5.91 Å². The number of carbonyl (C=O) groups excluding carboxylic acids is 1. The quantitative estimate of drug-likeness (QED) is 0.816. The fourth-order valence-corrected chi connectivity index (χ4v) is 2.27. The number of carboxylic acids is 1. The first-order valence-electron chi connectivity index (χ1n) is 7.18. The summed E-state index contributed by atoms with van der Waals surface area (Å²) in [5, 5.41) is 8.90. The topological polar surface area (TPSA) is 76.1 Å². The van der Waals surface area contributed by atoms with E-state index in [0.717, 1.165) is 0 Å². The highest BCUT2D eigenvalue weighted by Crippen LogP contribution is 2.28. The van der Waals surface area contributed by atoms with Gasteiger partial charge in [-0.1, -0.05) is 12.1 Å². The average molecular weight is 384 g/mol. The van der Waals surface area contributed by atoms with Crippen LogP contribution in [0, 0.1) is 5.92 Å². The van der Waals surface area contributed by atoms with Crippen molar-refractivity contribution in [3.8, 4) is 11.5 Å². The lowest BCUT2D eigenvalue weighted by Gasteiger charge is -2.17. The Balaban J connectivity index is 0.00000312. The molecule has 0 aromatic heterocycles. The molecule has 0 radical (unpaired) electrons. The van der Waals surface area contributed by atoms with Gasteiger partial charge in [0.05, 0.1) is 5.92 Å². The Labute approximate surface area is 147 Å². The molecule has 1 heterocycles. The first-order valence-corrected chi connectivity index (χ1v) is 7.18. The van der Waals surface area contributed by atoms with E-state index in [0.29, 0.717) is 13.0 Å². The Morgan fingerprint density at radius 1 is 1.20 bits per heavy atom. The molecule has 140 valence electrons. The lowest BCUT2D eigenvalue weighted by Crippen LogP contribution is -2.33. The summed E-state index contributed by atoms with van der Waals surface area (Å²) in [7, 11) is 0. The SMILES string of the molecule is Cl.O=C(O)C1CCN(C(=O)COc2ccccc2OCC(F)(F)F)C1. The van der Waals surface area contributed by atoms with Crippen molar-refractivity contribution in [3.05, 3.63) is 24.3 Å². The van der Waals surface area contributed by atoms with E-state index in [9.17, 15) is 22.8 Å². The van der Waals surface area contributed by atoms with Crippen molar-refractivity contribution in [1.29, 1.82) is 0 Å². The van der Waals surface area contributed by atoms with Crippen LogP contribution >= 0.6 is 12.4 Å². The third-order valence-corrected chi connectivity index (χ3v) is 3.48. The third-order valence-electron chi connectivity index (χ3n) is 3.48. The van der Waals surface area contributed by atoms with E-state index in [1.54, 1.807) is 0 Å². The molecular weight excluding hydrogens is 367 g/mol. The number of benzene rings is 1. The van der Waals surface area contributed by atoms with Crippen LogP contribution in [0.25, 0.3) is 0 Å². The van der Waals surface area contributed by atoms with Gasteiger partial charge in [0.2, 0.25) is 0 Å². The molecule has 1 aromatic rings. The molecule has 1 N–H and O–H groups in total. The number of carboxylic acid groups (broad SMARTS) is 1. The summed E-state index contributed by atoms with van der Waals surface area (Å²) in [5.41, 5.74) is 0. The molecule has 0 aliphatic carbocycles. The van der Waals surface area contributed by atoms with Crippen LogP contribution in [0.5, 0.6) is 11.5 Å². The van der Waals surface area contributed by atoms with Gasteiger partial charge in [0.15, 0.2) is 24.7 Å². The average Bonchev–Trinajstić information content (AvgIpc) is 3.01. The summed E-state index contributed by atoms with van der Waals surface area (Å²) >= 11 is 0. The number of nitrogens with zero attached hydrogens (tertiary/aromatic N) is 1. The molecule has 1 saturated heterocycles. The third kappa shape index (κ3) is 6.33. The predicted molar refractivity (Wildman–Crippen MR) is 83.1 cm³/mol. The number of carbonyl (C=O) groups is 2. The number of hydrogen-bond donors (Lipinski definition) is 1. The maximum absolute atomic E-state index is 12.2. The standard InChI is InChI=1S/C15H16F3NO5.ClH/c16-15(17,18)9-24-12-4-2-1-3-11(12)23-8-13(20)19-6-5-10(7-19)14(21)22;/h1-4,10H,5-9H2,(H,21,22);1H. The molecule has 1 aliphatic heterocycles. The highest BCUT2D eigenvalue weighted by molar-refractivity contribution is 5.85. The fourth-order valence-electron chi connectivity index (χ4n) is 2.27. The van der Waals surface area contributed by atoms with Gasteiger partial charge in [0, 0.05) is 13.1 Å². The molecule has 0 bridgehead atoms. The number of rotatable bonds is 6. The number of amides is 1. The minimum Gasteiger partial charge on any atom is -0.481 e. The number of likely N-dealkylation sites (tertiary alicyclic amines) is 1. The van der Waals surface area contributed by atoms with Crippen molar-refractivity contribution < 1.29 is 37.3 Å². The second-order valence-electron chi connectivity index (χ2n) is 5.30. The van der Waals surface area contributed by atoms with Gasteiger partial charge < -0.3 is 19.5 Å². The highest BCUT2D eigenvalue weighted by atomic mass is 35.5. The summed E-state index contributed by atoms with van der Waals surface area (Å²) in [5.74, 6) is -2.09. The van der Waals surface area contributed by atoms with Gasteiger partial charge >= 0.3 is 12.1 Å². The van der Waals surface area contributed by atoms with Crippen LogP contribution in [0.1, 0.15) is 6.42 Å². The zero-order valence-electron chi connectivity index (χ0n) is 13.0. The van der Waals surface area contributed by atoms with Crippen LogP contribution in [0.15, 0.2) is 24.3 Å². The van der Waals surface area contributed by atoms with Crippen LogP contribution in [0.2, 0.25) is 0 Å². The Bertz CT molecular complexity index is 611. The summed E-state index contributed by atoms with van der Waals surface area (Å²) in [6, 6.07) is 5.72. The van der Waals surface area contributed by atoms with Crippen molar-refractivity contribution in [2.45, 2.75) is 12.6 Å². The summed E-state index contributed by atoms with van der Waals surface area (Å²) in [6.07, 6.45) is -4.11. The largest absolute Gasteiger partial charge is 0.481 e. The van der Waals surface area contributed by atoms with E-state index in [2.05, 4.69) is 4.74 Å². The Kier molecular flexibility index (Phi) is 7.35. The number of halogens is 4. The number of ether oxygens (including phenoxy) is 2. The second kappa shape index (κ2) is 8.80. The highest BCUT2D eigenvalue weighted by Gasteiger charge is 2.31. The van der Waals surface area contributed by atoms with Gasteiger partial charge in [-0.2, -0.15) is 13.2 Å². The molecular formula is C15H17ClF3NO5. The van der Waals surface area contributed by atoms with Gasteiger partial charge in [-0.25, -0.2) is 0 Å². The minimum atomic E-state index is -4.48. The zero-order chi connectivity index (χ0) is 17.7. The van der Waals surface area contributed by atoms with E-state index < -0.39 is 37.2 Å². The molecule has 25 heavy (non-hydrogen) atoms. The van der Waals surface area contributed by atoms with Crippen molar-refractivity contribution in [2.75, 3.05) is 26.3 Å². The molecule has 0 saturated carbocycles. The van der Waals surface area contributed by atoms with E-state index in [4.69, 9.17) is 9.84 Å². The van der Waals surface area contributed by atoms with E-state index in [1.807, 2.05) is 0 Å². The van der Waals surface area contributed by atoms with Crippen LogP contribution in [0.3, 0.4) is 0 Å². The molecule has 1 aliphatic rings. The van der Waals surface area contributed by atoms with Gasteiger partial charge in [-0.15, -0.1) is 12.4 Å². The Morgan fingerprint density at radius 3 is 2.32 bits per heavy atom. The lowest BCUT2D eigenvalue weighted by atomic mass is 10.1. The minimum absolute atomic E-state index is 0. The van der Waals surface area contributed by atoms with Crippen molar-refractivity contribution in [2.24, 2.45) is 5.92 Å². The first-order chi connectivity index (χ1) is 11.3. The molecule has 1 fully saturated rings. The zero-order valence-corrected chi connectivity index (χ0v) is 13.8. The molecule has 10 heteroatoms. The molecule has 0 spiro atoms. The molecule has 1 atom stereocenters. The Morgan fingerprint density at radius 2 is 1.80 bits per heavy atom. The van der Waals surface area contributed by atoms with Crippen LogP contribution < -0.4 is 9.47 Å². The van der Waals surface area contributed by atoms with E-state index in [1.165, 1.54) is 29.2 Å². The fraction of sp³-hybridized carbons (Fsp3) is 0.467.